The molecule has 0 aliphatic carbocycles. The van der Waals surface area contributed by atoms with Gasteiger partial charge in [-0.1, -0.05) is 26.2 Å². The van der Waals surface area contributed by atoms with E-state index in [0.29, 0.717) is 25.2 Å². The highest BCUT2D eigenvalue weighted by Gasteiger charge is 2.36. The minimum absolute atomic E-state index is 0.0955. The number of amides is 1. The van der Waals surface area contributed by atoms with Gasteiger partial charge >= 0.3 is 0 Å². The zero-order chi connectivity index (χ0) is 24.5. The monoisotopic (exact) mass is 458 g/mol. The summed E-state index contributed by atoms with van der Waals surface area (Å²) in [5.41, 5.74) is 6.70. The number of nitrogens with zero attached hydrogens (tertiary/aromatic N) is 1. The van der Waals surface area contributed by atoms with Crippen molar-refractivity contribution in [1.29, 1.82) is 5.41 Å². The van der Waals surface area contributed by atoms with Crippen LogP contribution >= 0.6 is 0 Å². The number of unbranched alkanes of at least 4 members (excludes halogenated alkanes) is 4. The van der Waals surface area contributed by atoms with Crippen molar-refractivity contribution in [3.63, 3.8) is 0 Å². The Labute approximate surface area is 190 Å². The van der Waals surface area contributed by atoms with Gasteiger partial charge in [-0.15, -0.1) is 0 Å². The molecule has 0 unspecified atom stereocenters. The van der Waals surface area contributed by atoms with Crippen molar-refractivity contribution >= 4 is 23.2 Å². The molecular weight excluding hydrogens is 416 g/mol. The number of likely N-dealkylation sites (N-methyl/N-ethyl adjacent to an activating group) is 1. The molecule has 0 aliphatic rings. The second-order valence-electron chi connectivity index (χ2n) is 8.05. The van der Waals surface area contributed by atoms with Crippen molar-refractivity contribution in [2.75, 3.05) is 13.6 Å². The van der Waals surface area contributed by atoms with Gasteiger partial charge in [0.25, 0.3) is 5.91 Å². The maximum Gasteiger partial charge on any atom is 0.251 e. The Hall–Kier alpha value is -1.88. The summed E-state index contributed by atoms with van der Waals surface area (Å²) in [5.74, 6) is -1.16. The first kappa shape index (κ1) is 30.1. The average Bonchev–Trinajstić information content (AvgIpc) is 2.79. The predicted molar refractivity (Wildman–Crippen MR) is 124 cm³/mol. The van der Waals surface area contributed by atoms with Crippen molar-refractivity contribution in [2.45, 2.75) is 102 Å². The van der Waals surface area contributed by atoms with E-state index in [4.69, 9.17) is 11.1 Å². The van der Waals surface area contributed by atoms with Gasteiger partial charge in [0.05, 0.1) is 5.84 Å². The molecule has 1 amide bonds. The van der Waals surface area contributed by atoms with Crippen LogP contribution in [0.15, 0.2) is 4.99 Å². The van der Waals surface area contributed by atoms with Crippen LogP contribution in [0, 0.1) is 5.41 Å². The Morgan fingerprint density at radius 1 is 0.875 bits per heavy atom. The van der Waals surface area contributed by atoms with Gasteiger partial charge in [-0.25, -0.2) is 0 Å². The number of carbonyl (C=O) groups is 2. The second-order valence-corrected chi connectivity index (χ2v) is 8.05. The lowest BCUT2D eigenvalue weighted by atomic mass is 9.97. The predicted octanol–water partition coefficient (Wildman–Crippen LogP) is 0.433. The number of carbonyl (C=O) groups excluding carboxylic acids is 2. The number of nitrogens with two attached hydrogens (primary N) is 1. The van der Waals surface area contributed by atoms with Crippen LogP contribution in [0.4, 0.5) is 0 Å². The van der Waals surface area contributed by atoms with Crippen LogP contribution in [0.1, 0.15) is 77.6 Å². The molecule has 0 spiro atoms. The molecule has 0 heterocycles. The largest absolute Gasteiger partial charge is 0.387 e. The van der Waals surface area contributed by atoms with Gasteiger partial charge in [0.2, 0.25) is 0 Å². The van der Waals surface area contributed by atoms with E-state index in [1.165, 1.54) is 7.05 Å². The summed E-state index contributed by atoms with van der Waals surface area (Å²) in [6.45, 7) is 2.42. The third-order valence-electron chi connectivity index (χ3n) is 5.23. The highest BCUT2D eigenvalue weighted by molar-refractivity contribution is 5.84. The lowest BCUT2D eigenvalue weighted by Crippen LogP contribution is -2.52. The minimum Gasteiger partial charge on any atom is -0.387 e. The number of amidine groups is 1. The number of rotatable bonds is 19. The van der Waals surface area contributed by atoms with Crippen molar-refractivity contribution in [2.24, 2.45) is 10.7 Å². The molecule has 10 nitrogen and oxygen atoms in total. The second kappa shape index (κ2) is 17.6. The van der Waals surface area contributed by atoms with Crippen LogP contribution in [0.3, 0.4) is 0 Å². The summed E-state index contributed by atoms with van der Waals surface area (Å²) in [7, 11) is 1.24. The number of hydrogen-bond donors (Lipinski definition) is 7. The first-order valence-electron chi connectivity index (χ1n) is 11.5. The molecule has 186 valence electrons. The number of Topliss-reactive ketones (excluding diaryl/α,β-unsaturated/α-hetero) is 1. The quantitative estimate of drug-likeness (QED) is 0.0829. The zero-order valence-electron chi connectivity index (χ0n) is 19.4. The summed E-state index contributed by atoms with van der Waals surface area (Å²) in [6.07, 6.45) is 0.952. The molecule has 0 rings (SSSR count). The lowest BCUT2D eigenvalue weighted by Gasteiger charge is -2.24. The van der Waals surface area contributed by atoms with Crippen molar-refractivity contribution < 1.29 is 30.0 Å². The highest BCUT2D eigenvalue weighted by Crippen LogP contribution is 2.10. The van der Waals surface area contributed by atoms with Crippen molar-refractivity contribution in [3.8, 4) is 0 Å². The number of ketones is 1. The van der Waals surface area contributed by atoms with Gasteiger partial charge in [0, 0.05) is 32.1 Å². The van der Waals surface area contributed by atoms with Crippen LogP contribution in [0.5, 0.6) is 0 Å². The molecule has 0 aromatic rings. The summed E-state index contributed by atoms with van der Waals surface area (Å²) in [4.78, 5) is 27.5. The summed E-state index contributed by atoms with van der Waals surface area (Å²) < 4.78 is 0. The van der Waals surface area contributed by atoms with Gasteiger partial charge in [0.15, 0.2) is 11.9 Å². The third-order valence-corrected chi connectivity index (χ3v) is 5.23. The van der Waals surface area contributed by atoms with Crippen LogP contribution in [0.25, 0.3) is 0 Å². The zero-order valence-corrected chi connectivity index (χ0v) is 19.4. The molecule has 0 saturated carbocycles. The fourth-order valence-corrected chi connectivity index (χ4v) is 3.08. The molecule has 0 aromatic carbocycles. The summed E-state index contributed by atoms with van der Waals surface area (Å²) >= 11 is 0. The van der Waals surface area contributed by atoms with Gasteiger partial charge in [-0.05, 0) is 38.5 Å². The number of aliphatic hydroxyl groups is 4. The normalized spacial score (nSPS) is 15.6. The highest BCUT2D eigenvalue weighted by atomic mass is 16.4. The van der Waals surface area contributed by atoms with E-state index in [1.807, 2.05) is 0 Å². The maximum atomic E-state index is 12.0. The van der Waals surface area contributed by atoms with E-state index < -0.39 is 36.1 Å². The van der Waals surface area contributed by atoms with Gasteiger partial charge in [0.1, 0.15) is 18.3 Å². The molecule has 10 heteroatoms. The molecule has 0 saturated heterocycles. The average molecular weight is 459 g/mol. The molecule has 0 bridgehead atoms. The van der Waals surface area contributed by atoms with Gasteiger partial charge in [-0.2, -0.15) is 0 Å². The molecule has 0 aromatic heterocycles. The van der Waals surface area contributed by atoms with E-state index >= 15 is 0 Å². The summed E-state index contributed by atoms with van der Waals surface area (Å²) in [6, 6.07) is 0. The molecule has 32 heavy (non-hydrogen) atoms. The minimum atomic E-state index is -2.00. The SMILES string of the molecule is CCCCC(=N)CCCCCCC(N)=NCCCC(=O)[C@H](O)[C@@H](O)[C@@H](O)[C@H](O)C(=O)NC. The Morgan fingerprint density at radius 3 is 2.03 bits per heavy atom. The number of hydrogen-bond acceptors (Lipinski definition) is 8. The van der Waals surface area contributed by atoms with Crippen LogP contribution in [-0.4, -0.2) is 81.7 Å². The van der Waals surface area contributed by atoms with E-state index in [1.54, 1.807) is 0 Å². The van der Waals surface area contributed by atoms with Crippen LogP contribution in [-0.2, 0) is 9.59 Å². The van der Waals surface area contributed by atoms with E-state index in [-0.39, 0.29) is 6.42 Å². The molecule has 0 aliphatic heterocycles. The number of aliphatic hydroxyl groups excluding tert-OH is 4. The van der Waals surface area contributed by atoms with Gasteiger partial charge in [-0.3, -0.25) is 14.6 Å². The van der Waals surface area contributed by atoms with Crippen molar-refractivity contribution in [3.05, 3.63) is 0 Å². The Kier molecular flexibility index (Phi) is 16.6. The first-order valence-corrected chi connectivity index (χ1v) is 11.5. The standard InChI is InChI=1S/C22H42N4O6/c1-3-4-10-15(23)11-7-5-6-8-13-17(24)26-14-9-12-16(27)18(28)19(29)20(30)21(31)22(32)25-2/h18-21,23,28-31H,3-14H2,1-2H3,(H2,24,26)(H,25,32)/t18-,19+,20+,21-/m0/s1. The lowest BCUT2D eigenvalue weighted by molar-refractivity contribution is -0.154. The molecule has 4 atom stereocenters. The molecule has 0 radical (unpaired) electrons. The van der Waals surface area contributed by atoms with E-state index in [2.05, 4.69) is 17.2 Å². The Morgan fingerprint density at radius 2 is 1.44 bits per heavy atom. The third kappa shape index (κ3) is 12.8. The molecular formula is C22H42N4O6. The molecule has 0 fully saturated rings. The smallest absolute Gasteiger partial charge is 0.251 e. The first-order chi connectivity index (χ1) is 15.1. The molecule has 8 N–H and O–H groups in total. The fraction of sp³-hybridized carbons (Fsp3) is 0.818. The van der Waals surface area contributed by atoms with E-state index in [9.17, 15) is 30.0 Å². The maximum absolute atomic E-state index is 12.0. The van der Waals surface area contributed by atoms with Crippen LogP contribution < -0.4 is 11.1 Å². The Balaban J connectivity index is 4.04. The topological polar surface area (TPSA) is 189 Å². The van der Waals surface area contributed by atoms with Crippen LogP contribution in [0.2, 0.25) is 0 Å². The van der Waals surface area contributed by atoms with Gasteiger partial charge < -0.3 is 36.9 Å². The number of aliphatic imine (C=N–C) groups is 1. The Bertz CT molecular complexity index is 599. The summed E-state index contributed by atoms with van der Waals surface area (Å²) in [5, 5.41) is 48.9. The van der Waals surface area contributed by atoms with E-state index in [0.717, 1.165) is 57.1 Å². The number of nitrogens with one attached hydrogen (secondary N) is 2. The fourth-order valence-electron chi connectivity index (χ4n) is 3.08. The van der Waals surface area contributed by atoms with Crippen molar-refractivity contribution in [1.82, 2.24) is 5.32 Å².